The molecule has 0 saturated carbocycles. The molecular weight excluding hydrogens is 362 g/mol. The van der Waals surface area contributed by atoms with E-state index in [9.17, 15) is 4.79 Å². The second-order valence-electron chi connectivity index (χ2n) is 7.44. The molecular formula is C21H22ClN3O2. The van der Waals surface area contributed by atoms with Gasteiger partial charge < -0.3 is 9.84 Å². The first-order valence-corrected chi connectivity index (χ1v) is 9.14. The fourth-order valence-corrected chi connectivity index (χ4v) is 2.98. The molecule has 27 heavy (non-hydrogen) atoms. The fraction of sp³-hybridized carbons (Fsp3) is 0.286. The molecule has 0 radical (unpaired) electrons. The molecule has 1 unspecified atom stereocenters. The van der Waals surface area contributed by atoms with Crippen molar-refractivity contribution in [2.75, 3.05) is 0 Å². The lowest BCUT2D eigenvalue weighted by Crippen LogP contribution is -2.27. The van der Waals surface area contributed by atoms with Crippen molar-refractivity contribution in [1.29, 1.82) is 0 Å². The van der Waals surface area contributed by atoms with Gasteiger partial charge in [0.2, 0.25) is 0 Å². The smallest absolute Gasteiger partial charge is 0.258 e. The minimum Gasteiger partial charge on any atom is -0.345 e. The molecule has 140 valence electrons. The number of rotatable bonds is 4. The minimum atomic E-state index is -0.243. The summed E-state index contributed by atoms with van der Waals surface area (Å²) in [6, 6.07) is 14.4. The second-order valence-corrected chi connectivity index (χ2v) is 7.84. The Hall–Kier alpha value is -2.66. The average Bonchev–Trinajstić information content (AvgIpc) is 3.12. The van der Waals surface area contributed by atoms with Crippen LogP contribution in [0, 0.1) is 0 Å². The second kappa shape index (κ2) is 7.53. The van der Waals surface area contributed by atoms with E-state index < -0.39 is 0 Å². The number of nitrogens with zero attached hydrogens (tertiary/aromatic N) is 2. The van der Waals surface area contributed by atoms with Gasteiger partial charge in [0.15, 0.2) is 5.82 Å². The number of amides is 1. The molecule has 3 rings (SSSR count). The summed E-state index contributed by atoms with van der Waals surface area (Å²) >= 11 is 6.24. The van der Waals surface area contributed by atoms with Crippen molar-refractivity contribution in [2.45, 2.75) is 39.2 Å². The highest BCUT2D eigenvalue weighted by molar-refractivity contribution is 6.31. The summed E-state index contributed by atoms with van der Waals surface area (Å²) in [5.41, 5.74) is 1.69. The van der Waals surface area contributed by atoms with Gasteiger partial charge in [0, 0.05) is 10.4 Å². The largest absolute Gasteiger partial charge is 0.345 e. The minimum absolute atomic E-state index is 0.228. The Morgan fingerprint density at radius 3 is 2.44 bits per heavy atom. The quantitative estimate of drug-likeness (QED) is 0.674. The third-order valence-corrected chi connectivity index (χ3v) is 4.56. The van der Waals surface area contributed by atoms with E-state index in [0.717, 1.165) is 5.56 Å². The summed E-state index contributed by atoms with van der Waals surface area (Å²) in [5.74, 6) is 0.696. The molecule has 3 aromatic rings. The molecule has 0 bridgehead atoms. The van der Waals surface area contributed by atoms with Crippen LogP contribution in [0.5, 0.6) is 0 Å². The van der Waals surface area contributed by atoms with E-state index in [2.05, 4.69) is 15.5 Å². The standard InChI is InChI=1S/C21H22ClN3O2/c1-13(14-9-7-8-12-17(14)22)23-18(26)15-10-5-6-11-16(15)19-24-20(25-27-19)21(2,3)4/h5-13H,1-4H3,(H,23,26). The molecule has 0 aliphatic heterocycles. The maximum atomic E-state index is 12.9. The van der Waals surface area contributed by atoms with Gasteiger partial charge in [0.05, 0.1) is 17.2 Å². The van der Waals surface area contributed by atoms with E-state index in [1.807, 2.05) is 52.0 Å². The Morgan fingerprint density at radius 2 is 1.78 bits per heavy atom. The molecule has 1 aromatic heterocycles. The lowest BCUT2D eigenvalue weighted by atomic mass is 9.96. The van der Waals surface area contributed by atoms with Crippen LogP contribution in [0.3, 0.4) is 0 Å². The molecule has 0 fully saturated rings. The van der Waals surface area contributed by atoms with Crippen LogP contribution in [0.15, 0.2) is 53.1 Å². The van der Waals surface area contributed by atoms with E-state index >= 15 is 0 Å². The number of halogens is 1. The van der Waals surface area contributed by atoms with Crippen LogP contribution < -0.4 is 5.32 Å². The Kier molecular flexibility index (Phi) is 5.33. The van der Waals surface area contributed by atoms with E-state index in [0.29, 0.717) is 27.9 Å². The Balaban J connectivity index is 1.88. The number of carbonyl (C=O) groups excluding carboxylic acids is 1. The molecule has 1 N–H and O–H groups in total. The summed E-state index contributed by atoms with van der Waals surface area (Å²) in [6.45, 7) is 7.91. The molecule has 1 atom stereocenters. The molecule has 0 saturated heterocycles. The van der Waals surface area contributed by atoms with Gasteiger partial charge in [-0.1, -0.05) is 67.9 Å². The zero-order valence-electron chi connectivity index (χ0n) is 15.8. The molecule has 0 aliphatic rings. The van der Waals surface area contributed by atoms with Crippen LogP contribution in [0.25, 0.3) is 11.5 Å². The highest BCUT2D eigenvalue weighted by atomic mass is 35.5. The monoisotopic (exact) mass is 383 g/mol. The van der Waals surface area contributed by atoms with Crippen molar-refractivity contribution in [2.24, 2.45) is 0 Å². The third kappa shape index (κ3) is 4.19. The normalized spacial score (nSPS) is 12.6. The van der Waals surface area contributed by atoms with Crippen molar-refractivity contribution in [1.82, 2.24) is 15.5 Å². The molecule has 0 aliphatic carbocycles. The lowest BCUT2D eigenvalue weighted by molar-refractivity contribution is 0.0940. The Labute approximate surface area is 163 Å². The maximum Gasteiger partial charge on any atom is 0.258 e. The van der Waals surface area contributed by atoms with Crippen molar-refractivity contribution in [3.8, 4) is 11.5 Å². The predicted molar refractivity (Wildman–Crippen MR) is 106 cm³/mol. The summed E-state index contributed by atoms with van der Waals surface area (Å²) in [4.78, 5) is 17.4. The van der Waals surface area contributed by atoms with E-state index in [1.54, 1.807) is 24.3 Å². The highest BCUT2D eigenvalue weighted by Gasteiger charge is 2.24. The van der Waals surface area contributed by atoms with Gasteiger partial charge in [0.25, 0.3) is 11.8 Å². The van der Waals surface area contributed by atoms with Crippen LogP contribution >= 0.6 is 11.6 Å². The van der Waals surface area contributed by atoms with Crippen LogP contribution in [0.2, 0.25) is 5.02 Å². The van der Waals surface area contributed by atoms with Crippen LogP contribution in [0.4, 0.5) is 0 Å². The van der Waals surface area contributed by atoms with E-state index in [4.69, 9.17) is 16.1 Å². The summed E-state index contributed by atoms with van der Waals surface area (Å²) in [6.07, 6.45) is 0. The molecule has 1 heterocycles. The molecule has 5 nitrogen and oxygen atoms in total. The van der Waals surface area contributed by atoms with Crippen molar-refractivity contribution in [3.05, 3.63) is 70.5 Å². The number of hydrogen-bond donors (Lipinski definition) is 1. The van der Waals surface area contributed by atoms with Crippen LogP contribution in [-0.4, -0.2) is 16.0 Å². The van der Waals surface area contributed by atoms with Crippen LogP contribution in [-0.2, 0) is 5.41 Å². The number of aromatic nitrogens is 2. The van der Waals surface area contributed by atoms with Crippen molar-refractivity contribution in [3.63, 3.8) is 0 Å². The summed E-state index contributed by atoms with van der Waals surface area (Å²) in [7, 11) is 0. The summed E-state index contributed by atoms with van der Waals surface area (Å²) < 4.78 is 5.41. The number of hydrogen-bond acceptors (Lipinski definition) is 4. The zero-order valence-corrected chi connectivity index (χ0v) is 16.5. The van der Waals surface area contributed by atoms with Gasteiger partial charge >= 0.3 is 0 Å². The van der Waals surface area contributed by atoms with Gasteiger partial charge in [0.1, 0.15) is 0 Å². The highest BCUT2D eigenvalue weighted by Crippen LogP contribution is 2.27. The van der Waals surface area contributed by atoms with Crippen molar-refractivity contribution >= 4 is 17.5 Å². The zero-order chi connectivity index (χ0) is 19.6. The van der Waals surface area contributed by atoms with Gasteiger partial charge in [-0.15, -0.1) is 0 Å². The first-order chi connectivity index (χ1) is 12.8. The van der Waals surface area contributed by atoms with Gasteiger partial charge in [-0.3, -0.25) is 4.79 Å². The Morgan fingerprint density at radius 1 is 1.11 bits per heavy atom. The fourth-order valence-electron chi connectivity index (χ4n) is 2.68. The first-order valence-electron chi connectivity index (χ1n) is 8.76. The van der Waals surface area contributed by atoms with Gasteiger partial charge in [-0.05, 0) is 30.7 Å². The average molecular weight is 384 g/mol. The van der Waals surface area contributed by atoms with E-state index in [-0.39, 0.29) is 17.4 Å². The number of carbonyl (C=O) groups is 1. The molecule has 1 amide bonds. The summed E-state index contributed by atoms with van der Waals surface area (Å²) in [5, 5.41) is 7.65. The first kappa shape index (κ1) is 19.1. The molecule has 0 spiro atoms. The van der Waals surface area contributed by atoms with Crippen LogP contribution in [0.1, 0.15) is 55.5 Å². The van der Waals surface area contributed by atoms with Gasteiger partial charge in [-0.25, -0.2) is 0 Å². The third-order valence-electron chi connectivity index (χ3n) is 4.22. The predicted octanol–water partition coefficient (Wildman–Crippen LogP) is 5.18. The van der Waals surface area contributed by atoms with Gasteiger partial charge in [-0.2, -0.15) is 4.98 Å². The topological polar surface area (TPSA) is 68.0 Å². The molecule has 2 aromatic carbocycles. The maximum absolute atomic E-state index is 12.9. The Bertz CT molecular complexity index is 960. The van der Waals surface area contributed by atoms with Crippen molar-refractivity contribution < 1.29 is 9.32 Å². The molecule has 6 heteroatoms. The SMILES string of the molecule is CC(NC(=O)c1ccccc1-c1nc(C(C)(C)C)no1)c1ccccc1Cl. The van der Waals surface area contributed by atoms with E-state index in [1.165, 1.54) is 0 Å². The number of benzene rings is 2. The number of nitrogens with one attached hydrogen (secondary N) is 1. The lowest BCUT2D eigenvalue weighted by Gasteiger charge is -2.16.